The van der Waals surface area contributed by atoms with Crippen LogP contribution in [-0.2, 0) is 6.42 Å². The quantitative estimate of drug-likeness (QED) is 0.287. The highest BCUT2D eigenvalue weighted by Crippen LogP contribution is 2.25. The molecule has 0 atom stereocenters. The SMILES string of the molecule is COc1ccc(CCOc2nc(-c3ccco3)n(-c3ccc(NC(=O)c4ccc(F)cc4)cc3)n2)cc1. The maximum atomic E-state index is 13.1. The fraction of sp³-hybridized carbons (Fsp3) is 0.107. The highest BCUT2D eigenvalue weighted by atomic mass is 19.1. The van der Waals surface area contributed by atoms with Crippen molar-refractivity contribution in [2.75, 3.05) is 19.0 Å². The Bertz CT molecular complexity index is 1460. The molecule has 0 aliphatic heterocycles. The van der Waals surface area contributed by atoms with Crippen molar-refractivity contribution in [1.29, 1.82) is 0 Å². The second-order valence-corrected chi connectivity index (χ2v) is 8.06. The molecule has 5 aromatic rings. The second kappa shape index (κ2) is 10.8. The molecule has 2 heterocycles. The number of carbonyl (C=O) groups excluding carboxylic acids is 1. The largest absolute Gasteiger partial charge is 0.497 e. The van der Waals surface area contributed by atoms with Crippen LogP contribution in [0.1, 0.15) is 15.9 Å². The van der Waals surface area contributed by atoms with Gasteiger partial charge in [0.1, 0.15) is 11.6 Å². The summed E-state index contributed by atoms with van der Waals surface area (Å²) in [7, 11) is 1.63. The summed E-state index contributed by atoms with van der Waals surface area (Å²) in [6, 6.07) is 24.0. The van der Waals surface area contributed by atoms with Crippen molar-refractivity contribution in [3.63, 3.8) is 0 Å². The summed E-state index contributed by atoms with van der Waals surface area (Å²) in [5, 5.41) is 7.32. The Kier molecular flexibility index (Phi) is 6.93. The fourth-order valence-corrected chi connectivity index (χ4v) is 3.64. The number of methoxy groups -OCH3 is 1. The number of nitrogens with one attached hydrogen (secondary N) is 1. The highest BCUT2D eigenvalue weighted by Gasteiger charge is 2.17. The Morgan fingerprint density at radius 2 is 1.76 bits per heavy atom. The van der Waals surface area contributed by atoms with Crippen LogP contribution in [0.4, 0.5) is 10.1 Å². The van der Waals surface area contributed by atoms with E-state index in [0.29, 0.717) is 41.6 Å². The molecule has 9 heteroatoms. The number of hydrogen-bond donors (Lipinski definition) is 1. The van der Waals surface area contributed by atoms with Gasteiger partial charge in [0, 0.05) is 17.7 Å². The molecule has 37 heavy (non-hydrogen) atoms. The van der Waals surface area contributed by atoms with E-state index in [0.717, 1.165) is 11.3 Å². The first-order valence-electron chi connectivity index (χ1n) is 11.5. The molecule has 8 nitrogen and oxygen atoms in total. The molecule has 0 bridgehead atoms. The first kappa shape index (κ1) is 23.8. The van der Waals surface area contributed by atoms with Gasteiger partial charge in [0.05, 0.1) is 25.7 Å². The van der Waals surface area contributed by atoms with Crippen molar-refractivity contribution >= 4 is 11.6 Å². The van der Waals surface area contributed by atoms with Gasteiger partial charge < -0.3 is 19.2 Å². The minimum absolute atomic E-state index is 0.216. The van der Waals surface area contributed by atoms with E-state index in [1.807, 2.05) is 24.3 Å². The summed E-state index contributed by atoms with van der Waals surface area (Å²) >= 11 is 0. The lowest BCUT2D eigenvalue weighted by molar-refractivity contribution is 0.102. The average molecular weight is 499 g/mol. The summed E-state index contributed by atoms with van der Waals surface area (Å²) in [6.07, 6.45) is 2.24. The van der Waals surface area contributed by atoms with Crippen LogP contribution in [0.3, 0.4) is 0 Å². The zero-order chi connectivity index (χ0) is 25.6. The number of hydrogen-bond acceptors (Lipinski definition) is 6. The lowest BCUT2D eigenvalue weighted by Gasteiger charge is -2.08. The van der Waals surface area contributed by atoms with E-state index in [9.17, 15) is 9.18 Å². The van der Waals surface area contributed by atoms with Crippen molar-refractivity contribution in [2.24, 2.45) is 0 Å². The van der Waals surface area contributed by atoms with Crippen LogP contribution in [0.15, 0.2) is 95.6 Å². The monoisotopic (exact) mass is 498 g/mol. The van der Waals surface area contributed by atoms with Crippen molar-refractivity contribution in [3.8, 4) is 29.0 Å². The van der Waals surface area contributed by atoms with Gasteiger partial charge in [-0.05, 0) is 78.4 Å². The Hall–Kier alpha value is -4.92. The second-order valence-electron chi connectivity index (χ2n) is 8.06. The van der Waals surface area contributed by atoms with Gasteiger partial charge >= 0.3 is 6.01 Å². The standard InChI is InChI=1S/C28H23FN4O4/c1-35-24-14-4-19(5-15-24)16-18-37-28-31-26(25-3-2-17-36-25)33(32-28)23-12-10-22(11-13-23)30-27(34)20-6-8-21(29)9-7-20/h2-15,17H,16,18H2,1H3,(H,30,34). The van der Waals surface area contributed by atoms with Gasteiger partial charge in [-0.1, -0.05) is 12.1 Å². The predicted molar refractivity (Wildman–Crippen MR) is 136 cm³/mol. The Morgan fingerprint density at radius 3 is 2.43 bits per heavy atom. The first-order chi connectivity index (χ1) is 18.1. The van der Waals surface area contributed by atoms with E-state index in [1.165, 1.54) is 24.3 Å². The topological polar surface area (TPSA) is 91.4 Å². The molecule has 0 saturated carbocycles. The number of halogens is 1. The van der Waals surface area contributed by atoms with Gasteiger partial charge in [0.2, 0.25) is 5.82 Å². The molecule has 0 aliphatic rings. The van der Waals surface area contributed by atoms with Crippen LogP contribution < -0.4 is 14.8 Å². The number of furan rings is 1. The van der Waals surface area contributed by atoms with Crippen molar-refractivity contribution < 1.29 is 23.1 Å². The zero-order valence-electron chi connectivity index (χ0n) is 19.9. The van der Waals surface area contributed by atoms with Crippen LogP contribution in [0.5, 0.6) is 11.8 Å². The summed E-state index contributed by atoms with van der Waals surface area (Å²) < 4.78 is 31.3. The zero-order valence-corrected chi connectivity index (χ0v) is 19.9. The lowest BCUT2D eigenvalue weighted by atomic mass is 10.1. The van der Waals surface area contributed by atoms with Crippen molar-refractivity contribution in [2.45, 2.75) is 6.42 Å². The first-order valence-corrected chi connectivity index (χ1v) is 11.5. The van der Waals surface area contributed by atoms with Crippen LogP contribution in [-0.4, -0.2) is 34.4 Å². The van der Waals surface area contributed by atoms with Crippen molar-refractivity contribution in [3.05, 3.63) is 108 Å². The lowest BCUT2D eigenvalue weighted by Crippen LogP contribution is -2.11. The number of carbonyl (C=O) groups is 1. The molecule has 1 N–H and O–H groups in total. The third kappa shape index (κ3) is 5.67. The van der Waals surface area contributed by atoms with Crippen LogP contribution in [0.2, 0.25) is 0 Å². The number of amides is 1. The number of nitrogens with zero attached hydrogens (tertiary/aromatic N) is 3. The van der Waals surface area contributed by atoms with E-state index < -0.39 is 5.82 Å². The Balaban J connectivity index is 1.30. The number of ether oxygens (including phenoxy) is 2. The third-order valence-corrected chi connectivity index (χ3v) is 5.59. The molecular weight excluding hydrogens is 475 g/mol. The fourth-order valence-electron chi connectivity index (χ4n) is 3.64. The number of anilines is 1. The highest BCUT2D eigenvalue weighted by molar-refractivity contribution is 6.04. The Labute approximate surface area is 212 Å². The van der Waals surface area contributed by atoms with E-state index in [1.54, 1.807) is 54.5 Å². The normalized spacial score (nSPS) is 10.8. The van der Waals surface area contributed by atoms with Gasteiger partial charge in [-0.25, -0.2) is 9.07 Å². The predicted octanol–water partition coefficient (Wildman–Crippen LogP) is 5.55. The summed E-state index contributed by atoms with van der Waals surface area (Å²) in [4.78, 5) is 17.0. The third-order valence-electron chi connectivity index (χ3n) is 5.59. The molecule has 0 saturated heterocycles. The minimum atomic E-state index is -0.398. The van der Waals surface area contributed by atoms with Gasteiger partial charge in [-0.2, -0.15) is 4.98 Å². The van der Waals surface area contributed by atoms with E-state index >= 15 is 0 Å². The van der Waals surface area contributed by atoms with Gasteiger partial charge in [0.25, 0.3) is 5.91 Å². The Morgan fingerprint density at radius 1 is 1.00 bits per heavy atom. The minimum Gasteiger partial charge on any atom is -0.497 e. The van der Waals surface area contributed by atoms with Gasteiger partial charge in [-0.15, -0.1) is 5.10 Å². The number of rotatable bonds is 9. The van der Waals surface area contributed by atoms with E-state index in [4.69, 9.17) is 13.9 Å². The van der Waals surface area contributed by atoms with Gasteiger partial charge in [0.15, 0.2) is 5.76 Å². The summed E-state index contributed by atoms with van der Waals surface area (Å²) in [5.74, 6) is 1.08. The molecule has 1 amide bonds. The summed E-state index contributed by atoms with van der Waals surface area (Å²) in [5.41, 5.74) is 2.74. The molecule has 3 aromatic carbocycles. The average Bonchev–Trinajstić information content (AvgIpc) is 3.60. The molecule has 2 aromatic heterocycles. The van der Waals surface area contributed by atoms with E-state index in [-0.39, 0.29) is 11.9 Å². The van der Waals surface area contributed by atoms with Gasteiger partial charge in [-0.3, -0.25) is 4.79 Å². The maximum Gasteiger partial charge on any atom is 0.336 e. The smallest absolute Gasteiger partial charge is 0.336 e. The molecular formula is C28H23FN4O4. The molecule has 0 radical (unpaired) electrons. The van der Waals surface area contributed by atoms with Crippen molar-refractivity contribution in [1.82, 2.24) is 14.8 Å². The molecule has 0 aliphatic carbocycles. The summed E-state index contributed by atoms with van der Waals surface area (Å²) in [6.45, 7) is 0.391. The molecule has 5 rings (SSSR count). The molecule has 0 fully saturated rings. The van der Waals surface area contributed by atoms with Crippen LogP contribution in [0, 0.1) is 5.82 Å². The van der Waals surface area contributed by atoms with Crippen LogP contribution >= 0.6 is 0 Å². The maximum absolute atomic E-state index is 13.1. The number of benzene rings is 3. The molecule has 186 valence electrons. The molecule has 0 spiro atoms. The van der Waals surface area contributed by atoms with Crippen LogP contribution in [0.25, 0.3) is 17.3 Å². The number of aromatic nitrogens is 3. The molecule has 0 unspecified atom stereocenters. The van der Waals surface area contributed by atoms with E-state index in [2.05, 4.69) is 15.4 Å².